The molecule has 1 aromatic heterocycles. The lowest BCUT2D eigenvalue weighted by Crippen LogP contribution is -2.38. The van der Waals surface area contributed by atoms with Crippen LogP contribution in [0.25, 0.3) is 0 Å². The minimum atomic E-state index is -0.0151. The van der Waals surface area contributed by atoms with Gasteiger partial charge in [0.2, 0.25) is 0 Å². The van der Waals surface area contributed by atoms with Crippen molar-refractivity contribution in [3.8, 4) is 0 Å². The maximum atomic E-state index is 6.15. The van der Waals surface area contributed by atoms with Gasteiger partial charge in [-0.15, -0.1) is 0 Å². The van der Waals surface area contributed by atoms with Crippen LogP contribution in [0.4, 0.5) is 0 Å². The van der Waals surface area contributed by atoms with Crippen LogP contribution in [0.5, 0.6) is 0 Å². The van der Waals surface area contributed by atoms with E-state index in [1.165, 1.54) is 0 Å². The van der Waals surface area contributed by atoms with Crippen molar-refractivity contribution < 1.29 is 13.9 Å². The zero-order valence-electron chi connectivity index (χ0n) is 12.1. The second-order valence-electron chi connectivity index (χ2n) is 5.25. The summed E-state index contributed by atoms with van der Waals surface area (Å²) >= 11 is 0. The molecule has 4 atom stereocenters. The summed E-state index contributed by atoms with van der Waals surface area (Å²) in [7, 11) is 3.44. The Morgan fingerprint density at radius 3 is 2.21 bits per heavy atom. The van der Waals surface area contributed by atoms with Crippen molar-refractivity contribution in [3.63, 3.8) is 0 Å². The third-order valence-electron chi connectivity index (χ3n) is 3.79. The number of likely N-dealkylation sites (tertiary alicyclic amines) is 1. The van der Waals surface area contributed by atoms with Crippen LogP contribution < -0.4 is 5.73 Å². The monoisotopic (exact) mass is 268 g/mol. The van der Waals surface area contributed by atoms with Gasteiger partial charge in [0.25, 0.3) is 0 Å². The molecule has 1 aromatic rings. The maximum absolute atomic E-state index is 6.15. The highest BCUT2D eigenvalue weighted by molar-refractivity contribution is 5.13. The van der Waals surface area contributed by atoms with E-state index in [2.05, 4.69) is 4.90 Å². The third-order valence-corrected chi connectivity index (χ3v) is 3.79. The normalized spacial score (nSPS) is 27.6. The number of nitrogens with zero attached hydrogens (tertiary/aromatic N) is 1. The van der Waals surface area contributed by atoms with Crippen LogP contribution in [0.3, 0.4) is 0 Å². The van der Waals surface area contributed by atoms with Gasteiger partial charge >= 0.3 is 0 Å². The predicted octanol–water partition coefficient (Wildman–Crippen LogP) is 1.32. The average Bonchev–Trinajstić information content (AvgIpc) is 2.96. The van der Waals surface area contributed by atoms with E-state index in [0.717, 1.165) is 24.6 Å². The molecule has 0 amide bonds. The average molecular weight is 268 g/mol. The summed E-state index contributed by atoms with van der Waals surface area (Å²) in [5.74, 6) is 1.82. The standard InChI is InChI=1S/C14H24N2O3/c1-9-5-6-11(19-9)14(10(2)15)16-7-12(17-3)13(8-16)18-4/h5-6,10,12-14H,7-8,15H2,1-4H3. The molecule has 0 aromatic carbocycles. The molecule has 108 valence electrons. The Kier molecular flexibility index (Phi) is 4.62. The van der Waals surface area contributed by atoms with Crippen molar-refractivity contribution in [2.45, 2.75) is 38.1 Å². The Morgan fingerprint density at radius 1 is 1.26 bits per heavy atom. The molecule has 2 N–H and O–H groups in total. The summed E-state index contributed by atoms with van der Waals surface area (Å²) in [5, 5.41) is 0. The molecule has 1 aliphatic heterocycles. The fraction of sp³-hybridized carbons (Fsp3) is 0.714. The highest BCUT2D eigenvalue weighted by Gasteiger charge is 2.39. The van der Waals surface area contributed by atoms with Gasteiger partial charge in [0.1, 0.15) is 11.5 Å². The minimum Gasteiger partial charge on any atom is -0.465 e. The largest absolute Gasteiger partial charge is 0.465 e. The first-order valence-corrected chi connectivity index (χ1v) is 6.68. The number of furan rings is 1. The molecular weight excluding hydrogens is 244 g/mol. The number of rotatable bonds is 5. The van der Waals surface area contributed by atoms with E-state index < -0.39 is 0 Å². The van der Waals surface area contributed by atoms with Gasteiger partial charge in [0, 0.05) is 33.4 Å². The first-order valence-electron chi connectivity index (χ1n) is 6.68. The molecule has 5 heteroatoms. The maximum Gasteiger partial charge on any atom is 0.122 e. The highest BCUT2D eigenvalue weighted by Crippen LogP contribution is 2.30. The lowest BCUT2D eigenvalue weighted by molar-refractivity contribution is -0.00461. The lowest BCUT2D eigenvalue weighted by atomic mass is 10.1. The number of hydrogen-bond acceptors (Lipinski definition) is 5. The molecule has 0 aliphatic carbocycles. The summed E-state index contributed by atoms with van der Waals surface area (Å²) in [4.78, 5) is 2.28. The molecule has 1 fully saturated rings. The van der Waals surface area contributed by atoms with E-state index >= 15 is 0 Å². The fourth-order valence-corrected chi connectivity index (χ4v) is 2.84. The Balaban J connectivity index is 2.17. The molecule has 0 spiro atoms. The first-order chi connectivity index (χ1) is 9.06. The summed E-state index contributed by atoms with van der Waals surface area (Å²) < 4.78 is 16.7. The minimum absolute atomic E-state index is 0.0151. The van der Waals surface area contributed by atoms with Gasteiger partial charge in [-0.3, -0.25) is 4.90 Å². The zero-order valence-corrected chi connectivity index (χ0v) is 12.1. The molecule has 4 unspecified atom stereocenters. The van der Waals surface area contributed by atoms with Crippen molar-refractivity contribution in [3.05, 3.63) is 23.7 Å². The van der Waals surface area contributed by atoms with Crippen LogP contribution in [0, 0.1) is 6.92 Å². The van der Waals surface area contributed by atoms with Crippen molar-refractivity contribution >= 4 is 0 Å². The van der Waals surface area contributed by atoms with E-state index in [-0.39, 0.29) is 24.3 Å². The van der Waals surface area contributed by atoms with Crippen molar-refractivity contribution in [1.29, 1.82) is 0 Å². The van der Waals surface area contributed by atoms with Crippen molar-refractivity contribution in [1.82, 2.24) is 4.90 Å². The summed E-state index contributed by atoms with van der Waals surface area (Å²) in [6.07, 6.45) is 0.171. The van der Waals surface area contributed by atoms with Crippen molar-refractivity contribution in [2.75, 3.05) is 27.3 Å². The Labute approximate surface area is 114 Å². The SMILES string of the molecule is COC1CN(C(c2ccc(C)o2)C(C)N)CC1OC. The lowest BCUT2D eigenvalue weighted by Gasteiger charge is -2.29. The van der Waals surface area contributed by atoms with Gasteiger partial charge in [-0.1, -0.05) is 0 Å². The smallest absolute Gasteiger partial charge is 0.122 e. The zero-order chi connectivity index (χ0) is 14.0. The van der Waals surface area contributed by atoms with Gasteiger partial charge < -0.3 is 19.6 Å². The number of nitrogens with two attached hydrogens (primary N) is 1. The van der Waals surface area contributed by atoms with Gasteiger partial charge in [-0.25, -0.2) is 0 Å². The molecule has 1 saturated heterocycles. The molecule has 0 radical (unpaired) electrons. The highest BCUT2D eigenvalue weighted by atomic mass is 16.5. The second kappa shape index (κ2) is 6.05. The van der Waals surface area contributed by atoms with Gasteiger partial charge in [0.15, 0.2) is 0 Å². The van der Waals surface area contributed by atoms with Gasteiger partial charge in [-0.2, -0.15) is 0 Å². The molecular formula is C14H24N2O3. The Morgan fingerprint density at radius 2 is 1.84 bits per heavy atom. The van der Waals surface area contributed by atoms with E-state index in [9.17, 15) is 0 Å². The number of methoxy groups -OCH3 is 2. The van der Waals surface area contributed by atoms with Crippen LogP contribution in [-0.2, 0) is 9.47 Å². The number of hydrogen-bond donors (Lipinski definition) is 1. The molecule has 2 heterocycles. The molecule has 19 heavy (non-hydrogen) atoms. The fourth-order valence-electron chi connectivity index (χ4n) is 2.84. The number of ether oxygens (including phenoxy) is 2. The van der Waals surface area contributed by atoms with E-state index in [1.54, 1.807) is 14.2 Å². The summed E-state index contributed by atoms with van der Waals surface area (Å²) in [6.45, 7) is 5.56. The van der Waals surface area contributed by atoms with Gasteiger partial charge in [-0.05, 0) is 26.0 Å². The quantitative estimate of drug-likeness (QED) is 0.872. The van der Waals surface area contributed by atoms with Crippen LogP contribution in [0.15, 0.2) is 16.5 Å². The van der Waals surface area contributed by atoms with E-state index in [0.29, 0.717) is 0 Å². The molecule has 2 rings (SSSR count). The Hall–Kier alpha value is -0.880. The predicted molar refractivity (Wildman–Crippen MR) is 73.0 cm³/mol. The van der Waals surface area contributed by atoms with Crippen LogP contribution in [0.1, 0.15) is 24.5 Å². The van der Waals surface area contributed by atoms with Crippen molar-refractivity contribution in [2.24, 2.45) is 5.73 Å². The number of aryl methyl sites for hydroxylation is 1. The third kappa shape index (κ3) is 3.00. The Bertz CT molecular complexity index is 393. The molecule has 0 bridgehead atoms. The van der Waals surface area contributed by atoms with E-state index in [4.69, 9.17) is 19.6 Å². The molecule has 5 nitrogen and oxygen atoms in total. The second-order valence-corrected chi connectivity index (χ2v) is 5.25. The van der Waals surface area contributed by atoms with Crippen LogP contribution >= 0.6 is 0 Å². The van der Waals surface area contributed by atoms with E-state index in [1.807, 2.05) is 26.0 Å². The molecule has 1 aliphatic rings. The summed E-state index contributed by atoms with van der Waals surface area (Å²) in [5.41, 5.74) is 6.15. The first kappa shape index (κ1) is 14.5. The summed E-state index contributed by atoms with van der Waals surface area (Å²) in [6, 6.07) is 4.03. The molecule has 0 saturated carbocycles. The van der Waals surface area contributed by atoms with Crippen LogP contribution in [-0.4, -0.2) is 50.5 Å². The topological polar surface area (TPSA) is 60.9 Å². The van der Waals surface area contributed by atoms with Crippen LogP contribution in [0.2, 0.25) is 0 Å². The van der Waals surface area contributed by atoms with Gasteiger partial charge in [0.05, 0.1) is 18.2 Å².